The van der Waals surface area contributed by atoms with Crippen LogP contribution in [0.5, 0.6) is 0 Å². The van der Waals surface area contributed by atoms with Crippen LogP contribution in [-0.2, 0) is 23.8 Å². The molecule has 0 aromatic rings. The number of methoxy groups -OCH3 is 1. The second-order valence-corrected chi connectivity index (χ2v) is 8.19. The highest BCUT2D eigenvalue weighted by Crippen LogP contribution is 2.11. The quantitative estimate of drug-likeness (QED) is 0.413. The number of carbonyl (C=O) groups is 4. The molecule has 2 atom stereocenters. The highest BCUT2D eigenvalue weighted by Gasteiger charge is 2.27. The Morgan fingerprint density at radius 2 is 1.21 bits per heavy atom. The molecule has 0 heterocycles. The zero-order chi connectivity index (χ0) is 22.1. The minimum absolute atomic E-state index is 0.0259. The van der Waals surface area contributed by atoms with Gasteiger partial charge in [0.2, 0.25) is 0 Å². The zero-order valence-corrected chi connectivity index (χ0v) is 17.6. The summed E-state index contributed by atoms with van der Waals surface area (Å²) in [5, 5.41) is 13.9. The van der Waals surface area contributed by atoms with E-state index >= 15 is 0 Å². The van der Waals surface area contributed by atoms with Gasteiger partial charge < -0.3 is 30.0 Å². The molecule has 0 aromatic heterocycles. The summed E-state index contributed by atoms with van der Waals surface area (Å²) in [4.78, 5) is 46.8. The minimum atomic E-state index is -1.24. The topological polar surface area (TPSA) is 140 Å². The van der Waals surface area contributed by atoms with Crippen molar-refractivity contribution in [2.45, 2.75) is 84.1 Å². The van der Waals surface area contributed by atoms with Crippen LogP contribution >= 0.6 is 0 Å². The number of alkyl carbamates (subject to hydrolysis) is 2. The number of nitrogens with one attached hydrogen (secondary N) is 2. The second-order valence-electron chi connectivity index (χ2n) is 8.19. The molecule has 0 fully saturated rings. The maximum absolute atomic E-state index is 11.9. The van der Waals surface area contributed by atoms with Gasteiger partial charge in [-0.25, -0.2) is 19.2 Å². The van der Waals surface area contributed by atoms with E-state index in [1.807, 2.05) is 0 Å². The molecule has 0 aliphatic heterocycles. The Hall–Kier alpha value is -2.52. The fraction of sp³-hybridized carbons (Fsp3) is 0.778. The van der Waals surface area contributed by atoms with Crippen molar-refractivity contribution in [3.63, 3.8) is 0 Å². The molecule has 10 nitrogen and oxygen atoms in total. The molecule has 0 unspecified atom stereocenters. The van der Waals surface area contributed by atoms with E-state index in [0.29, 0.717) is 0 Å². The van der Waals surface area contributed by atoms with Gasteiger partial charge in [-0.1, -0.05) is 0 Å². The molecule has 0 aliphatic carbocycles. The van der Waals surface area contributed by atoms with Gasteiger partial charge in [0.05, 0.1) is 7.11 Å². The summed E-state index contributed by atoms with van der Waals surface area (Å²) in [6, 6.07) is -2.20. The van der Waals surface area contributed by atoms with Crippen molar-refractivity contribution in [1.82, 2.24) is 10.6 Å². The maximum Gasteiger partial charge on any atom is 0.408 e. The SMILES string of the molecule is COC(=O)[C@@H](CCC[C@H](NC(=O)OC(C)(C)C)C(=O)O)NC(=O)OC(C)(C)C. The normalized spacial score (nSPS) is 13.7. The molecule has 0 aliphatic rings. The molecule has 0 aromatic carbocycles. The van der Waals surface area contributed by atoms with Crippen molar-refractivity contribution in [2.24, 2.45) is 0 Å². The average molecular weight is 404 g/mol. The first-order chi connectivity index (χ1) is 12.6. The van der Waals surface area contributed by atoms with Crippen LogP contribution in [0.2, 0.25) is 0 Å². The van der Waals surface area contributed by atoms with E-state index in [9.17, 15) is 24.3 Å². The molecule has 162 valence electrons. The van der Waals surface area contributed by atoms with Gasteiger partial charge in [-0.05, 0) is 60.8 Å². The Morgan fingerprint density at radius 1 is 0.821 bits per heavy atom. The summed E-state index contributed by atoms with van der Waals surface area (Å²) in [6.45, 7) is 10.0. The number of carbonyl (C=O) groups excluding carboxylic acids is 3. The summed E-state index contributed by atoms with van der Waals surface area (Å²) < 4.78 is 14.8. The number of carboxylic acids is 1. The van der Waals surface area contributed by atoms with Gasteiger partial charge in [0.25, 0.3) is 0 Å². The van der Waals surface area contributed by atoms with Gasteiger partial charge >= 0.3 is 24.1 Å². The molecule has 0 saturated carbocycles. The van der Waals surface area contributed by atoms with E-state index in [4.69, 9.17) is 9.47 Å². The molecular weight excluding hydrogens is 372 g/mol. The van der Waals surface area contributed by atoms with Crippen LogP contribution in [-0.4, -0.2) is 59.6 Å². The lowest BCUT2D eigenvalue weighted by Gasteiger charge is -2.23. The van der Waals surface area contributed by atoms with Crippen molar-refractivity contribution in [1.29, 1.82) is 0 Å². The van der Waals surface area contributed by atoms with Crippen LogP contribution in [0.15, 0.2) is 0 Å². The minimum Gasteiger partial charge on any atom is -0.480 e. The van der Waals surface area contributed by atoms with Crippen molar-refractivity contribution in [3.05, 3.63) is 0 Å². The summed E-state index contributed by atoms with van der Waals surface area (Å²) in [5.74, 6) is -1.92. The Bertz CT molecular complexity index is 563. The fourth-order valence-electron chi connectivity index (χ4n) is 2.07. The Kier molecular flexibility index (Phi) is 9.76. The standard InChI is InChI=1S/C18H32N2O8/c1-17(2,3)27-15(24)19-11(13(21)22)9-8-10-12(14(23)26-7)20-16(25)28-18(4,5)6/h11-12H,8-10H2,1-7H3,(H,19,24)(H,20,25)(H,21,22)/t11-,12+/m0/s1. The molecule has 0 bridgehead atoms. The molecule has 10 heteroatoms. The van der Waals surface area contributed by atoms with E-state index in [0.717, 1.165) is 0 Å². The van der Waals surface area contributed by atoms with Crippen molar-refractivity contribution in [3.8, 4) is 0 Å². The Labute approximate surface area is 165 Å². The summed E-state index contributed by atoms with van der Waals surface area (Å²) in [6.07, 6.45) is -1.30. The Morgan fingerprint density at radius 3 is 1.57 bits per heavy atom. The first-order valence-electron chi connectivity index (χ1n) is 8.94. The zero-order valence-electron chi connectivity index (χ0n) is 17.6. The van der Waals surface area contributed by atoms with Crippen molar-refractivity contribution >= 4 is 24.1 Å². The molecule has 0 rings (SSSR count). The summed E-state index contributed by atoms with van der Waals surface area (Å²) in [5.41, 5.74) is -1.50. The molecular formula is C18H32N2O8. The number of hydrogen-bond acceptors (Lipinski definition) is 7. The molecule has 0 radical (unpaired) electrons. The molecule has 0 saturated heterocycles. The van der Waals surface area contributed by atoms with Gasteiger partial charge in [0.15, 0.2) is 0 Å². The number of esters is 1. The highest BCUT2D eigenvalue weighted by atomic mass is 16.6. The van der Waals surface area contributed by atoms with Crippen molar-refractivity contribution < 1.29 is 38.5 Å². The van der Waals surface area contributed by atoms with Gasteiger partial charge in [0, 0.05) is 0 Å². The van der Waals surface area contributed by atoms with E-state index in [2.05, 4.69) is 15.4 Å². The summed E-state index contributed by atoms with van der Waals surface area (Å²) >= 11 is 0. The van der Waals surface area contributed by atoms with Gasteiger partial charge in [0.1, 0.15) is 23.3 Å². The lowest BCUT2D eigenvalue weighted by Crippen LogP contribution is -2.45. The van der Waals surface area contributed by atoms with Crippen molar-refractivity contribution in [2.75, 3.05) is 7.11 Å². The lowest BCUT2D eigenvalue weighted by atomic mass is 10.1. The predicted molar refractivity (Wildman–Crippen MR) is 99.8 cm³/mol. The Balaban J connectivity index is 4.77. The maximum atomic E-state index is 11.9. The number of hydrogen-bond donors (Lipinski definition) is 3. The van der Waals surface area contributed by atoms with E-state index < -0.39 is 47.4 Å². The van der Waals surface area contributed by atoms with Crippen LogP contribution in [0, 0.1) is 0 Å². The monoisotopic (exact) mass is 404 g/mol. The number of amides is 2. The molecule has 3 N–H and O–H groups in total. The number of aliphatic carboxylic acids is 1. The predicted octanol–water partition coefficient (Wildman–Crippen LogP) is 2.20. The molecule has 0 spiro atoms. The third-order valence-corrected chi connectivity index (χ3v) is 3.15. The second kappa shape index (κ2) is 10.7. The van der Waals surface area contributed by atoms with E-state index in [1.54, 1.807) is 41.5 Å². The molecule has 2 amide bonds. The van der Waals surface area contributed by atoms with Crippen LogP contribution < -0.4 is 10.6 Å². The van der Waals surface area contributed by atoms with Crippen LogP contribution in [0.4, 0.5) is 9.59 Å². The third kappa shape index (κ3) is 12.0. The first-order valence-corrected chi connectivity index (χ1v) is 8.94. The number of rotatable bonds is 8. The van der Waals surface area contributed by atoms with Gasteiger partial charge in [-0.3, -0.25) is 0 Å². The molecule has 28 heavy (non-hydrogen) atoms. The van der Waals surface area contributed by atoms with Crippen LogP contribution in [0.3, 0.4) is 0 Å². The lowest BCUT2D eigenvalue weighted by molar-refractivity contribution is -0.143. The third-order valence-electron chi connectivity index (χ3n) is 3.15. The average Bonchev–Trinajstić information content (AvgIpc) is 2.48. The van der Waals surface area contributed by atoms with Crippen LogP contribution in [0.1, 0.15) is 60.8 Å². The van der Waals surface area contributed by atoms with Gasteiger partial charge in [-0.15, -0.1) is 0 Å². The number of carboxylic acid groups (broad SMARTS) is 1. The smallest absolute Gasteiger partial charge is 0.408 e. The fourth-order valence-corrected chi connectivity index (χ4v) is 2.07. The highest BCUT2D eigenvalue weighted by molar-refractivity contribution is 5.81. The van der Waals surface area contributed by atoms with Crippen LogP contribution in [0.25, 0.3) is 0 Å². The van der Waals surface area contributed by atoms with E-state index in [-0.39, 0.29) is 19.3 Å². The largest absolute Gasteiger partial charge is 0.480 e. The first kappa shape index (κ1) is 25.5. The van der Waals surface area contributed by atoms with E-state index in [1.165, 1.54) is 7.11 Å². The summed E-state index contributed by atoms with van der Waals surface area (Å²) in [7, 11) is 1.18. The number of ether oxygens (including phenoxy) is 3. The van der Waals surface area contributed by atoms with Gasteiger partial charge in [-0.2, -0.15) is 0 Å².